The van der Waals surface area contributed by atoms with E-state index in [1.807, 2.05) is 6.92 Å². The fourth-order valence-electron chi connectivity index (χ4n) is 2.61. The van der Waals surface area contributed by atoms with Crippen LogP contribution in [0.2, 0.25) is 0 Å². The molecule has 116 valence electrons. The van der Waals surface area contributed by atoms with Crippen molar-refractivity contribution in [1.29, 1.82) is 0 Å². The summed E-state index contributed by atoms with van der Waals surface area (Å²) in [6.45, 7) is 1.87. The molecule has 0 aromatic heterocycles. The zero-order chi connectivity index (χ0) is 15.5. The minimum atomic E-state index is -3.59. The molecular weight excluding hydrogens is 290 g/mol. The van der Waals surface area contributed by atoms with E-state index in [1.165, 1.54) is 31.4 Å². The molecule has 0 aliphatic heterocycles. The maximum atomic E-state index is 12.3. The Bertz CT molecular complexity index is 608. The lowest BCUT2D eigenvalue weighted by atomic mass is 9.81. The summed E-state index contributed by atoms with van der Waals surface area (Å²) in [4.78, 5) is 10.8. The third-order valence-corrected chi connectivity index (χ3v) is 5.42. The lowest BCUT2D eigenvalue weighted by molar-refractivity contribution is -0.136. The smallest absolute Gasteiger partial charge is 0.307 e. The molecule has 0 radical (unpaired) electrons. The van der Waals surface area contributed by atoms with Gasteiger partial charge in [0.25, 0.3) is 0 Å². The molecule has 0 spiro atoms. The van der Waals surface area contributed by atoms with Crippen LogP contribution in [0.3, 0.4) is 0 Å². The molecule has 5 nitrogen and oxygen atoms in total. The minimum absolute atomic E-state index is 0.108. The highest BCUT2D eigenvalue weighted by Gasteiger charge is 2.23. The molecule has 0 saturated heterocycles. The number of aliphatic carboxylic acids is 1. The molecule has 1 unspecified atom stereocenters. The van der Waals surface area contributed by atoms with Crippen LogP contribution in [0, 0.1) is 5.92 Å². The number of sulfonamides is 1. The van der Waals surface area contributed by atoms with Gasteiger partial charge in [-0.05, 0) is 37.0 Å². The zero-order valence-corrected chi connectivity index (χ0v) is 12.9. The van der Waals surface area contributed by atoms with E-state index in [9.17, 15) is 13.2 Å². The van der Waals surface area contributed by atoms with Gasteiger partial charge in [-0.2, -0.15) is 0 Å². The van der Waals surface area contributed by atoms with E-state index < -0.39 is 16.0 Å². The Morgan fingerprint density at radius 1 is 1.43 bits per heavy atom. The maximum absolute atomic E-state index is 12.3. The Morgan fingerprint density at radius 2 is 2.14 bits per heavy atom. The van der Waals surface area contributed by atoms with Crippen molar-refractivity contribution in [2.75, 3.05) is 0 Å². The van der Waals surface area contributed by atoms with Gasteiger partial charge in [-0.15, -0.1) is 0 Å². The van der Waals surface area contributed by atoms with Crippen LogP contribution in [0.1, 0.15) is 38.2 Å². The highest BCUT2D eigenvalue weighted by atomic mass is 32.2. The summed E-state index contributed by atoms with van der Waals surface area (Å²) < 4.78 is 27.3. The van der Waals surface area contributed by atoms with Crippen molar-refractivity contribution in [3.63, 3.8) is 0 Å². The van der Waals surface area contributed by atoms with Crippen LogP contribution in [-0.2, 0) is 21.2 Å². The normalized spacial score (nSPS) is 17.2. The van der Waals surface area contributed by atoms with Gasteiger partial charge in [0.1, 0.15) is 0 Å². The van der Waals surface area contributed by atoms with Crippen LogP contribution in [-0.4, -0.2) is 25.5 Å². The Kier molecular flexibility index (Phi) is 5.00. The van der Waals surface area contributed by atoms with E-state index in [0.717, 1.165) is 6.42 Å². The average Bonchev–Trinajstić information content (AvgIpc) is 2.33. The molecule has 1 aliphatic rings. The third kappa shape index (κ3) is 4.54. The molecule has 1 fully saturated rings. The lowest BCUT2D eigenvalue weighted by Gasteiger charge is -2.28. The Morgan fingerprint density at radius 3 is 2.71 bits per heavy atom. The first-order valence-corrected chi connectivity index (χ1v) is 8.68. The fraction of sp³-hybridized carbons (Fsp3) is 0.533. The molecule has 21 heavy (non-hydrogen) atoms. The van der Waals surface area contributed by atoms with Crippen LogP contribution in [0.25, 0.3) is 0 Å². The molecule has 1 saturated carbocycles. The zero-order valence-electron chi connectivity index (χ0n) is 12.1. The van der Waals surface area contributed by atoms with Crippen LogP contribution in [0.5, 0.6) is 0 Å². The van der Waals surface area contributed by atoms with E-state index in [1.54, 1.807) is 12.1 Å². The summed E-state index contributed by atoms with van der Waals surface area (Å²) >= 11 is 0. The summed E-state index contributed by atoms with van der Waals surface area (Å²) in [5, 5.41) is 8.77. The predicted octanol–water partition coefficient (Wildman–Crippen LogP) is 2.17. The van der Waals surface area contributed by atoms with Gasteiger partial charge in [0, 0.05) is 6.04 Å². The maximum Gasteiger partial charge on any atom is 0.307 e. The molecule has 0 bridgehead atoms. The number of rotatable bonds is 7. The second-order valence-corrected chi connectivity index (χ2v) is 7.49. The van der Waals surface area contributed by atoms with Gasteiger partial charge in [-0.1, -0.05) is 31.4 Å². The van der Waals surface area contributed by atoms with Gasteiger partial charge >= 0.3 is 5.97 Å². The molecule has 6 heteroatoms. The van der Waals surface area contributed by atoms with Crippen molar-refractivity contribution in [2.24, 2.45) is 5.92 Å². The van der Waals surface area contributed by atoms with Crippen LogP contribution in [0.15, 0.2) is 29.2 Å². The number of carboxylic acids is 1. The van der Waals surface area contributed by atoms with Crippen LogP contribution < -0.4 is 4.72 Å². The van der Waals surface area contributed by atoms with E-state index in [2.05, 4.69) is 4.72 Å². The summed E-state index contributed by atoms with van der Waals surface area (Å²) in [6, 6.07) is 5.99. The first-order valence-electron chi connectivity index (χ1n) is 7.20. The van der Waals surface area contributed by atoms with E-state index in [-0.39, 0.29) is 17.4 Å². The number of carbonyl (C=O) groups is 1. The van der Waals surface area contributed by atoms with Gasteiger partial charge in [-0.3, -0.25) is 4.79 Å². The van der Waals surface area contributed by atoms with Crippen molar-refractivity contribution < 1.29 is 18.3 Å². The largest absolute Gasteiger partial charge is 0.481 e. The molecule has 1 aromatic rings. The first kappa shape index (κ1) is 16.0. The molecular formula is C15H21NO4S. The highest BCUT2D eigenvalue weighted by Crippen LogP contribution is 2.30. The standard InChI is InChI=1S/C15H21NO4S/c1-11(8-12-4-2-5-12)16-21(19,20)14-7-3-6-13(9-14)10-15(17)18/h3,6-7,9,11-12,16H,2,4-5,8,10H2,1H3,(H,17,18). The van der Waals surface area contributed by atoms with Gasteiger partial charge in [0.05, 0.1) is 11.3 Å². The second kappa shape index (κ2) is 6.58. The van der Waals surface area contributed by atoms with E-state index >= 15 is 0 Å². The quantitative estimate of drug-likeness (QED) is 0.808. The Balaban J connectivity index is 2.05. The van der Waals surface area contributed by atoms with Gasteiger partial charge in [0.15, 0.2) is 0 Å². The van der Waals surface area contributed by atoms with E-state index in [4.69, 9.17) is 5.11 Å². The number of nitrogens with one attached hydrogen (secondary N) is 1. The summed E-state index contributed by atoms with van der Waals surface area (Å²) in [7, 11) is -3.59. The highest BCUT2D eigenvalue weighted by molar-refractivity contribution is 7.89. The van der Waals surface area contributed by atoms with Crippen molar-refractivity contribution in [1.82, 2.24) is 4.72 Å². The topological polar surface area (TPSA) is 83.5 Å². The monoisotopic (exact) mass is 311 g/mol. The molecule has 0 amide bonds. The number of hydrogen-bond donors (Lipinski definition) is 2. The molecule has 2 rings (SSSR count). The lowest BCUT2D eigenvalue weighted by Crippen LogP contribution is -2.35. The fourth-order valence-corrected chi connectivity index (χ4v) is 3.93. The number of hydrogen-bond acceptors (Lipinski definition) is 3. The van der Waals surface area contributed by atoms with Crippen molar-refractivity contribution in [3.05, 3.63) is 29.8 Å². The van der Waals surface area contributed by atoms with Crippen molar-refractivity contribution in [3.8, 4) is 0 Å². The third-order valence-electron chi connectivity index (χ3n) is 3.83. The summed E-state index contributed by atoms with van der Waals surface area (Å²) in [6.07, 6.45) is 4.27. The molecule has 1 aliphatic carbocycles. The molecule has 2 N–H and O–H groups in total. The van der Waals surface area contributed by atoms with Gasteiger partial charge < -0.3 is 5.11 Å². The number of benzene rings is 1. The van der Waals surface area contributed by atoms with Crippen LogP contribution >= 0.6 is 0 Å². The average molecular weight is 311 g/mol. The number of carboxylic acid groups (broad SMARTS) is 1. The van der Waals surface area contributed by atoms with Crippen molar-refractivity contribution in [2.45, 2.75) is 50.0 Å². The molecule has 1 aromatic carbocycles. The molecule has 1 atom stereocenters. The Hall–Kier alpha value is -1.40. The Labute approximate surface area is 125 Å². The van der Waals surface area contributed by atoms with Crippen LogP contribution in [0.4, 0.5) is 0 Å². The van der Waals surface area contributed by atoms with Gasteiger partial charge in [-0.25, -0.2) is 13.1 Å². The molecule has 0 heterocycles. The minimum Gasteiger partial charge on any atom is -0.481 e. The second-order valence-electron chi connectivity index (χ2n) is 5.77. The summed E-state index contributed by atoms with van der Waals surface area (Å²) in [5.74, 6) is -0.350. The van der Waals surface area contributed by atoms with Crippen molar-refractivity contribution >= 4 is 16.0 Å². The SMILES string of the molecule is CC(CC1CCC1)NS(=O)(=O)c1cccc(CC(=O)O)c1. The van der Waals surface area contributed by atoms with E-state index in [0.29, 0.717) is 11.5 Å². The first-order chi connectivity index (χ1) is 9.87. The predicted molar refractivity (Wildman–Crippen MR) is 79.5 cm³/mol. The summed E-state index contributed by atoms with van der Waals surface area (Å²) in [5.41, 5.74) is 0.483. The van der Waals surface area contributed by atoms with Gasteiger partial charge in [0.2, 0.25) is 10.0 Å².